The highest BCUT2D eigenvalue weighted by atomic mass is 79.9. The molecule has 0 saturated carbocycles. The van der Waals surface area contributed by atoms with E-state index in [2.05, 4.69) is 32.6 Å². The molecule has 0 aliphatic carbocycles. The third-order valence-electron chi connectivity index (χ3n) is 3.70. The van der Waals surface area contributed by atoms with Crippen LogP contribution in [0.25, 0.3) is 0 Å². The summed E-state index contributed by atoms with van der Waals surface area (Å²) < 4.78 is 10.7. The van der Waals surface area contributed by atoms with Crippen molar-refractivity contribution in [3.05, 3.63) is 52.1 Å². The zero-order chi connectivity index (χ0) is 18.2. The second kappa shape index (κ2) is 9.36. The van der Waals surface area contributed by atoms with Crippen molar-refractivity contribution in [1.29, 1.82) is 0 Å². The van der Waals surface area contributed by atoms with E-state index in [1.807, 2.05) is 18.2 Å². The lowest BCUT2D eigenvalue weighted by atomic mass is 10.1. The highest BCUT2D eigenvalue weighted by Gasteiger charge is 2.21. The summed E-state index contributed by atoms with van der Waals surface area (Å²) in [5.74, 6) is -0.372. The molecular formula is C18H21BrN2O4. The quantitative estimate of drug-likeness (QED) is 0.486. The summed E-state index contributed by atoms with van der Waals surface area (Å²) >= 11 is 3.42. The third kappa shape index (κ3) is 5.16. The van der Waals surface area contributed by atoms with Gasteiger partial charge in [-0.1, -0.05) is 31.9 Å². The van der Waals surface area contributed by atoms with Crippen molar-refractivity contribution in [1.82, 2.24) is 9.88 Å². The number of carbonyl (C=O) groups excluding carboxylic acids is 2. The standard InChI is InChI=1S/C18H21BrN2O4/c1-3-4-7-10-21(17(22)13-8-5-6-9-14(13)19)11-16-20-15(12-25-16)18(23)24-2/h5-6,8-9,12H,3-4,7,10-11H2,1-2H3. The molecule has 0 radical (unpaired) electrons. The van der Waals surface area contributed by atoms with E-state index in [1.54, 1.807) is 11.0 Å². The number of unbranched alkanes of at least 4 members (excludes halogenated alkanes) is 2. The zero-order valence-corrected chi connectivity index (χ0v) is 15.9. The van der Waals surface area contributed by atoms with Crippen LogP contribution in [0.15, 0.2) is 39.4 Å². The number of nitrogens with zero attached hydrogens (tertiary/aromatic N) is 2. The molecule has 1 heterocycles. The topological polar surface area (TPSA) is 72.6 Å². The Kier molecular flexibility index (Phi) is 7.18. The fourth-order valence-corrected chi connectivity index (χ4v) is 2.81. The number of rotatable bonds is 8. The lowest BCUT2D eigenvalue weighted by Gasteiger charge is -2.21. The Morgan fingerprint density at radius 3 is 2.72 bits per heavy atom. The van der Waals surface area contributed by atoms with Gasteiger partial charge in [-0.2, -0.15) is 0 Å². The molecule has 0 spiro atoms. The summed E-state index contributed by atoms with van der Waals surface area (Å²) in [5, 5.41) is 0. The van der Waals surface area contributed by atoms with Crippen molar-refractivity contribution in [2.45, 2.75) is 32.7 Å². The normalized spacial score (nSPS) is 10.5. The largest absolute Gasteiger partial charge is 0.464 e. The first kappa shape index (κ1) is 19.2. The Bertz CT molecular complexity index is 729. The molecule has 2 rings (SSSR count). The van der Waals surface area contributed by atoms with E-state index in [9.17, 15) is 9.59 Å². The number of carbonyl (C=O) groups is 2. The molecular weight excluding hydrogens is 388 g/mol. The van der Waals surface area contributed by atoms with E-state index in [4.69, 9.17) is 4.42 Å². The van der Waals surface area contributed by atoms with Gasteiger partial charge < -0.3 is 14.1 Å². The molecule has 0 bridgehead atoms. The monoisotopic (exact) mass is 408 g/mol. The molecule has 1 aromatic heterocycles. The van der Waals surface area contributed by atoms with Gasteiger partial charge in [-0.3, -0.25) is 4.79 Å². The average molecular weight is 409 g/mol. The molecule has 0 N–H and O–H groups in total. The lowest BCUT2D eigenvalue weighted by molar-refractivity contribution is 0.0594. The van der Waals surface area contributed by atoms with Crippen LogP contribution < -0.4 is 0 Å². The average Bonchev–Trinajstić information content (AvgIpc) is 3.09. The predicted octanol–water partition coefficient (Wildman–Crippen LogP) is 4.06. The molecule has 2 aromatic rings. The molecule has 0 aliphatic heterocycles. The Morgan fingerprint density at radius 2 is 2.04 bits per heavy atom. The number of amides is 1. The van der Waals surface area contributed by atoms with Gasteiger partial charge in [0.05, 0.1) is 19.2 Å². The summed E-state index contributed by atoms with van der Waals surface area (Å²) in [6.07, 6.45) is 4.22. The van der Waals surface area contributed by atoms with Gasteiger partial charge in [0.2, 0.25) is 5.89 Å². The first-order chi connectivity index (χ1) is 12.1. The first-order valence-electron chi connectivity index (χ1n) is 8.13. The molecule has 0 fully saturated rings. The number of ether oxygens (including phenoxy) is 1. The van der Waals surface area contributed by atoms with Crippen LogP contribution in [0.3, 0.4) is 0 Å². The van der Waals surface area contributed by atoms with Crippen LogP contribution in [0, 0.1) is 0 Å². The van der Waals surface area contributed by atoms with E-state index in [0.717, 1.165) is 23.7 Å². The van der Waals surface area contributed by atoms with Crippen molar-refractivity contribution in [2.75, 3.05) is 13.7 Å². The summed E-state index contributed by atoms with van der Waals surface area (Å²) in [6, 6.07) is 7.29. The maximum Gasteiger partial charge on any atom is 0.360 e. The number of hydrogen-bond acceptors (Lipinski definition) is 5. The second-order valence-corrected chi connectivity index (χ2v) is 6.39. The minimum absolute atomic E-state index is 0.0966. The lowest BCUT2D eigenvalue weighted by Crippen LogP contribution is -2.32. The van der Waals surface area contributed by atoms with E-state index >= 15 is 0 Å². The SMILES string of the molecule is CCCCCN(Cc1nc(C(=O)OC)co1)C(=O)c1ccccc1Br. The molecule has 0 unspecified atom stereocenters. The third-order valence-corrected chi connectivity index (χ3v) is 4.39. The number of methoxy groups -OCH3 is 1. The van der Waals surface area contributed by atoms with Crippen LogP contribution in [0.5, 0.6) is 0 Å². The van der Waals surface area contributed by atoms with Crippen molar-refractivity contribution in [3.8, 4) is 0 Å². The van der Waals surface area contributed by atoms with Gasteiger partial charge >= 0.3 is 5.97 Å². The van der Waals surface area contributed by atoms with Crippen LogP contribution >= 0.6 is 15.9 Å². The van der Waals surface area contributed by atoms with Crippen LogP contribution in [0.4, 0.5) is 0 Å². The fraction of sp³-hybridized carbons (Fsp3) is 0.389. The maximum absolute atomic E-state index is 12.9. The van der Waals surface area contributed by atoms with Crippen LogP contribution in [-0.4, -0.2) is 35.4 Å². The fourth-order valence-electron chi connectivity index (χ4n) is 2.36. The van der Waals surface area contributed by atoms with Gasteiger partial charge in [-0.15, -0.1) is 0 Å². The number of aromatic nitrogens is 1. The molecule has 0 aliphatic rings. The van der Waals surface area contributed by atoms with Gasteiger partial charge in [0, 0.05) is 11.0 Å². The van der Waals surface area contributed by atoms with Crippen LogP contribution in [0.1, 0.15) is 52.9 Å². The van der Waals surface area contributed by atoms with E-state index in [-0.39, 0.29) is 18.1 Å². The Labute approximate surface area is 155 Å². The van der Waals surface area contributed by atoms with Gasteiger partial charge in [-0.05, 0) is 34.5 Å². The molecule has 0 saturated heterocycles. The molecule has 25 heavy (non-hydrogen) atoms. The molecule has 1 amide bonds. The van der Waals surface area contributed by atoms with Crippen molar-refractivity contribution < 1.29 is 18.7 Å². The summed E-state index contributed by atoms with van der Waals surface area (Å²) in [4.78, 5) is 30.2. The van der Waals surface area contributed by atoms with E-state index in [0.29, 0.717) is 18.0 Å². The van der Waals surface area contributed by atoms with Crippen molar-refractivity contribution in [2.24, 2.45) is 0 Å². The number of halogens is 1. The molecule has 1 aromatic carbocycles. The molecule has 0 atom stereocenters. The molecule has 6 nitrogen and oxygen atoms in total. The molecule has 7 heteroatoms. The van der Waals surface area contributed by atoms with Crippen LogP contribution in [0.2, 0.25) is 0 Å². The highest BCUT2D eigenvalue weighted by molar-refractivity contribution is 9.10. The van der Waals surface area contributed by atoms with Gasteiger partial charge in [-0.25, -0.2) is 9.78 Å². The summed E-state index contributed by atoms with van der Waals surface area (Å²) in [6.45, 7) is 2.89. The summed E-state index contributed by atoms with van der Waals surface area (Å²) in [7, 11) is 1.28. The van der Waals surface area contributed by atoms with E-state index < -0.39 is 5.97 Å². The number of hydrogen-bond donors (Lipinski definition) is 0. The second-order valence-electron chi connectivity index (χ2n) is 5.53. The molecule has 134 valence electrons. The zero-order valence-electron chi connectivity index (χ0n) is 14.3. The number of oxazole rings is 1. The van der Waals surface area contributed by atoms with E-state index in [1.165, 1.54) is 13.4 Å². The van der Waals surface area contributed by atoms with Crippen molar-refractivity contribution >= 4 is 27.8 Å². The Morgan fingerprint density at radius 1 is 1.28 bits per heavy atom. The van der Waals surface area contributed by atoms with Crippen molar-refractivity contribution in [3.63, 3.8) is 0 Å². The van der Waals surface area contributed by atoms with Gasteiger partial charge in [0.1, 0.15) is 6.26 Å². The van der Waals surface area contributed by atoms with Gasteiger partial charge in [0.25, 0.3) is 5.91 Å². The highest BCUT2D eigenvalue weighted by Crippen LogP contribution is 2.19. The van der Waals surface area contributed by atoms with Crippen LogP contribution in [-0.2, 0) is 11.3 Å². The first-order valence-corrected chi connectivity index (χ1v) is 8.92. The smallest absolute Gasteiger partial charge is 0.360 e. The maximum atomic E-state index is 12.9. The number of benzene rings is 1. The Balaban J connectivity index is 2.17. The minimum Gasteiger partial charge on any atom is -0.464 e. The Hall–Kier alpha value is -2.15. The van der Waals surface area contributed by atoms with Gasteiger partial charge in [0.15, 0.2) is 5.69 Å². The number of esters is 1. The summed E-state index contributed by atoms with van der Waals surface area (Å²) in [5.41, 5.74) is 0.679. The minimum atomic E-state index is -0.565. The predicted molar refractivity (Wildman–Crippen MR) is 96.3 cm³/mol.